The van der Waals surface area contributed by atoms with Crippen molar-refractivity contribution in [2.75, 3.05) is 30.9 Å². The first-order valence-electron chi connectivity index (χ1n) is 6.01. The first-order valence-corrected chi connectivity index (χ1v) is 6.01. The van der Waals surface area contributed by atoms with E-state index in [9.17, 15) is 4.39 Å². The zero-order valence-electron chi connectivity index (χ0n) is 11.3. The molecule has 1 heterocycles. The van der Waals surface area contributed by atoms with E-state index in [1.165, 1.54) is 18.5 Å². The first kappa shape index (κ1) is 13.3. The molecule has 4 nitrogen and oxygen atoms in total. The molecule has 100 valence electrons. The standard InChI is InChI=1S/C14H17FN4/c1-18(2)13-8-14(17-10-16-13)19(3)9-11-5-4-6-12(15)7-11/h4-8,10H,9H2,1-3H3. The van der Waals surface area contributed by atoms with Gasteiger partial charge in [-0.25, -0.2) is 14.4 Å². The molecule has 0 aliphatic rings. The molecule has 2 rings (SSSR count). The fourth-order valence-electron chi connectivity index (χ4n) is 1.78. The molecule has 0 amide bonds. The quantitative estimate of drug-likeness (QED) is 0.844. The molecule has 0 N–H and O–H groups in total. The highest BCUT2D eigenvalue weighted by Gasteiger charge is 2.06. The topological polar surface area (TPSA) is 32.3 Å². The van der Waals surface area contributed by atoms with Gasteiger partial charge >= 0.3 is 0 Å². The van der Waals surface area contributed by atoms with E-state index >= 15 is 0 Å². The van der Waals surface area contributed by atoms with E-state index in [4.69, 9.17) is 0 Å². The Labute approximate surface area is 112 Å². The van der Waals surface area contributed by atoms with Crippen molar-refractivity contribution in [3.05, 3.63) is 48.0 Å². The second-order valence-corrected chi connectivity index (χ2v) is 4.61. The van der Waals surface area contributed by atoms with Gasteiger partial charge in [0.2, 0.25) is 0 Å². The van der Waals surface area contributed by atoms with E-state index in [1.54, 1.807) is 6.07 Å². The van der Waals surface area contributed by atoms with E-state index in [0.717, 1.165) is 17.2 Å². The smallest absolute Gasteiger partial charge is 0.134 e. The molecular weight excluding hydrogens is 243 g/mol. The molecule has 1 aromatic heterocycles. The molecule has 0 unspecified atom stereocenters. The van der Waals surface area contributed by atoms with E-state index in [0.29, 0.717) is 6.54 Å². The average Bonchev–Trinajstić information content (AvgIpc) is 2.39. The Balaban J connectivity index is 2.15. The van der Waals surface area contributed by atoms with Crippen LogP contribution in [0, 0.1) is 5.82 Å². The van der Waals surface area contributed by atoms with Crippen LogP contribution in [0.25, 0.3) is 0 Å². The normalized spacial score (nSPS) is 10.3. The molecule has 0 atom stereocenters. The average molecular weight is 260 g/mol. The molecule has 5 heteroatoms. The number of hydrogen-bond donors (Lipinski definition) is 0. The van der Waals surface area contributed by atoms with Gasteiger partial charge in [0.25, 0.3) is 0 Å². The molecule has 0 fully saturated rings. The maximum absolute atomic E-state index is 13.1. The van der Waals surface area contributed by atoms with E-state index in [1.807, 2.05) is 43.1 Å². The minimum absolute atomic E-state index is 0.220. The minimum Gasteiger partial charge on any atom is -0.363 e. The van der Waals surface area contributed by atoms with Gasteiger partial charge < -0.3 is 9.80 Å². The van der Waals surface area contributed by atoms with Gasteiger partial charge in [-0.05, 0) is 17.7 Å². The predicted molar refractivity (Wildman–Crippen MR) is 74.9 cm³/mol. The van der Waals surface area contributed by atoms with Crippen molar-refractivity contribution in [3.8, 4) is 0 Å². The van der Waals surface area contributed by atoms with Crippen LogP contribution in [0.1, 0.15) is 5.56 Å². The SMILES string of the molecule is CN(C)c1cc(N(C)Cc2cccc(F)c2)ncn1. The predicted octanol–water partition coefficient (Wildman–Crippen LogP) is 2.32. The number of nitrogens with zero attached hydrogens (tertiary/aromatic N) is 4. The zero-order chi connectivity index (χ0) is 13.8. The number of anilines is 2. The Morgan fingerprint density at radius 1 is 1.05 bits per heavy atom. The molecule has 0 radical (unpaired) electrons. The summed E-state index contributed by atoms with van der Waals surface area (Å²) in [5.74, 6) is 1.43. The van der Waals surface area contributed by atoms with Gasteiger partial charge in [0, 0.05) is 33.8 Å². The molecule has 0 bridgehead atoms. The summed E-state index contributed by atoms with van der Waals surface area (Å²) in [5.41, 5.74) is 0.910. The summed E-state index contributed by atoms with van der Waals surface area (Å²) in [6.07, 6.45) is 1.53. The molecule has 0 saturated carbocycles. The molecule has 0 saturated heterocycles. The number of aromatic nitrogens is 2. The van der Waals surface area contributed by atoms with Gasteiger partial charge in [-0.1, -0.05) is 12.1 Å². The molecule has 0 aliphatic carbocycles. The summed E-state index contributed by atoms with van der Waals surface area (Å²) in [4.78, 5) is 12.3. The van der Waals surface area contributed by atoms with Crippen molar-refractivity contribution in [2.45, 2.75) is 6.54 Å². The maximum Gasteiger partial charge on any atom is 0.134 e. The van der Waals surface area contributed by atoms with Crippen molar-refractivity contribution < 1.29 is 4.39 Å². The van der Waals surface area contributed by atoms with Crippen LogP contribution in [0.2, 0.25) is 0 Å². The van der Waals surface area contributed by atoms with Gasteiger partial charge in [-0.15, -0.1) is 0 Å². The number of rotatable bonds is 4. The first-order chi connectivity index (χ1) is 9.06. The molecule has 1 aromatic carbocycles. The molecule has 0 aliphatic heterocycles. The second kappa shape index (κ2) is 5.65. The van der Waals surface area contributed by atoms with E-state index in [2.05, 4.69) is 9.97 Å². The van der Waals surface area contributed by atoms with Crippen LogP contribution in [0.3, 0.4) is 0 Å². The van der Waals surface area contributed by atoms with E-state index < -0.39 is 0 Å². The zero-order valence-corrected chi connectivity index (χ0v) is 11.3. The van der Waals surface area contributed by atoms with Gasteiger partial charge in [0.1, 0.15) is 23.8 Å². The highest BCUT2D eigenvalue weighted by molar-refractivity contribution is 5.49. The fourth-order valence-corrected chi connectivity index (χ4v) is 1.78. The summed E-state index contributed by atoms with van der Waals surface area (Å²) in [7, 11) is 5.78. The van der Waals surface area contributed by atoms with Gasteiger partial charge in [-0.2, -0.15) is 0 Å². The van der Waals surface area contributed by atoms with Crippen molar-refractivity contribution in [2.24, 2.45) is 0 Å². The lowest BCUT2D eigenvalue weighted by molar-refractivity contribution is 0.625. The summed E-state index contributed by atoms with van der Waals surface area (Å²) in [6, 6.07) is 8.49. The summed E-state index contributed by atoms with van der Waals surface area (Å²) in [5, 5.41) is 0. The Kier molecular flexibility index (Phi) is 3.94. The van der Waals surface area contributed by atoms with Crippen LogP contribution in [-0.2, 0) is 6.54 Å². The highest BCUT2D eigenvalue weighted by Crippen LogP contribution is 2.17. The highest BCUT2D eigenvalue weighted by atomic mass is 19.1. The van der Waals surface area contributed by atoms with Gasteiger partial charge in [0.15, 0.2) is 0 Å². The van der Waals surface area contributed by atoms with Crippen LogP contribution in [0.4, 0.5) is 16.0 Å². The second-order valence-electron chi connectivity index (χ2n) is 4.61. The van der Waals surface area contributed by atoms with Crippen molar-refractivity contribution in [3.63, 3.8) is 0 Å². The van der Waals surface area contributed by atoms with Gasteiger partial charge in [-0.3, -0.25) is 0 Å². The third-order valence-corrected chi connectivity index (χ3v) is 2.80. The Morgan fingerprint density at radius 3 is 2.47 bits per heavy atom. The van der Waals surface area contributed by atoms with Crippen LogP contribution in [0.15, 0.2) is 36.7 Å². The fraction of sp³-hybridized carbons (Fsp3) is 0.286. The van der Waals surface area contributed by atoms with Crippen molar-refractivity contribution >= 4 is 11.6 Å². The number of hydrogen-bond acceptors (Lipinski definition) is 4. The lowest BCUT2D eigenvalue weighted by atomic mass is 10.2. The Hall–Kier alpha value is -2.17. The summed E-state index contributed by atoms with van der Waals surface area (Å²) < 4.78 is 13.1. The number of benzene rings is 1. The summed E-state index contributed by atoms with van der Waals surface area (Å²) >= 11 is 0. The Morgan fingerprint density at radius 2 is 1.79 bits per heavy atom. The lowest BCUT2D eigenvalue weighted by Gasteiger charge is -2.20. The van der Waals surface area contributed by atoms with Crippen molar-refractivity contribution in [1.82, 2.24) is 9.97 Å². The lowest BCUT2D eigenvalue weighted by Crippen LogP contribution is -2.19. The summed E-state index contributed by atoms with van der Waals surface area (Å²) in [6.45, 7) is 0.599. The van der Waals surface area contributed by atoms with Crippen LogP contribution in [0.5, 0.6) is 0 Å². The third kappa shape index (κ3) is 3.40. The monoisotopic (exact) mass is 260 g/mol. The Bertz CT molecular complexity index is 557. The third-order valence-electron chi connectivity index (χ3n) is 2.80. The molecule has 2 aromatic rings. The largest absolute Gasteiger partial charge is 0.363 e. The van der Waals surface area contributed by atoms with Crippen LogP contribution < -0.4 is 9.80 Å². The van der Waals surface area contributed by atoms with E-state index in [-0.39, 0.29) is 5.82 Å². The number of halogens is 1. The van der Waals surface area contributed by atoms with Crippen LogP contribution >= 0.6 is 0 Å². The molecule has 19 heavy (non-hydrogen) atoms. The maximum atomic E-state index is 13.1. The van der Waals surface area contributed by atoms with Crippen molar-refractivity contribution in [1.29, 1.82) is 0 Å². The molecular formula is C14H17FN4. The van der Waals surface area contributed by atoms with Crippen LogP contribution in [-0.4, -0.2) is 31.1 Å². The minimum atomic E-state index is -0.220. The van der Waals surface area contributed by atoms with Gasteiger partial charge in [0.05, 0.1) is 0 Å². The molecule has 0 spiro atoms.